The molecule has 6 nitrogen and oxygen atoms in total. The van der Waals surface area contributed by atoms with Crippen LogP contribution >= 0.6 is 0 Å². The molecule has 0 saturated carbocycles. The number of carbonyl (C=O) groups is 2. The zero-order chi connectivity index (χ0) is 40.3. The zero-order valence-electron chi connectivity index (χ0n) is 36.3. The normalized spacial score (nSPS) is 13.8. The Hall–Kier alpha value is -2.18. The Balaban J connectivity index is 4.65. The van der Waals surface area contributed by atoms with Crippen molar-refractivity contribution in [2.45, 2.75) is 244 Å². The van der Waals surface area contributed by atoms with Gasteiger partial charge >= 0.3 is 5.97 Å². The molecule has 1 amide bonds. The first-order valence-electron chi connectivity index (χ1n) is 23.4. The molecule has 0 saturated heterocycles. The van der Waals surface area contributed by atoms with Crippen LogP contribution in [-0.4, -0.2) is 46.9 Å². The third kappa shape index (κ3) is 38.5. The van der Waals surface area contributed by atoms with E-state index in [1.807, 2.05) is 24.3 Å². The van der Waals surface area contributed by atoms with Gasteiger partial charge in [0.1, 0.15) is 6.10 Å². The second kappa shape index (κ2) is 43.0. The molecule has 0 radical (unpaired) electrons. The summed E-state index contributed by atoms with van der Waals surface area (Å²) >= 11 is 0. The third-order valence-electron chi connectivity index (χ3n) is 10.5. The van der Waals surface area contributed by atoms with Crippen molar-refractivity contribution in [1.29, 1.82) is 0 Å². The van der Waals surface area contributed by atoms with Gasteiger partial charge in [-0.2, -0.15) is 0 Å². The fourth-order valence-corrected chi connectivity index (χ4v) is 6.97. The SMILES string of the molecule is CC/C=C/C=C/C=C/C=C\CCCCCC(CC(=O)NC(CO)C(O)CCCCCCCCCCC)OC(=O)CCCCCCCCCCCCCCCC. The molecule has 0 aliphatic heterocycles. The number of hydrogen-bond donors (Lipinski definition) is 3. The average Bonchev–Trinajstić information content (AvgIpc) is 3.18. The molecule has 0 fully saturated rings. The Morgan fingerprint density at radius 1 is 0.545 bits per heavy atom. The monoisotopic (exact) mass is 772 g/mol. The molecule has 0 aromatic heterocycles. The Bertz CT molecular complexity index is 957. The van der Waals surface area contributed by atoms with Gasteiger partial charge in [-0.15, -0.1) is 0 Å². The summed E-state index contributed by atoms with van der Waals surface area (Å²) < 4.78 is 5.89. The number of carbonyl (C=O) groups excluding carboxylic acids is 2. The number of nitrogens with one attached hydrogen (secondary N) is 1. The van der Waals surface area contributed by atoms with Gasteiger partial charge in [-0.25, -0.2) is 0 Å². The minimum absolute atomic E-state index is 0.0530. The summed E-state index contributed by atoms with van der Waals surface area (Å²) in [5, 5.41) is 23.6. The number of hydrogen-bond acceptors (Lipinski definition) is 5. The third-order valence-corrected chi connectivity index (χ3v) is 10.5. The van der Waals surface area contributed by atoms with Crippen LogP contribution in [0.2, 0.25) is 0 Å². The highest BCUT2D eigenvalue weighted by Crippen LogP contribution is 2.17. The molecule has 3 N–H and O–H groups in total. The van der Waals surface area contributed by atoms with Crippen LogP contribution in [0.25, 0.3) is 0 Å². The molecule has 55 heavy (non-hydrogen) atoms. The molecule has 0 aliphatic carbocycles. The highest BCUT2D eigenvalue weighted by atomic mass is 16.5. The molecule has 3 atom stereocenters. The summed E-state index contributed by atoms with van der Waals surface area (Å²) in [5.41, 5.74) is 0. The van der Waals surface area contributed by atoms with Gasteiger partial charge in [0.15, 0.2) is 0 Å². The van der Waals surface area contributed by atoms with Gasteiger partial charge in [0.2, 0.25) is 5.91 Å². The fraction of sp³-hybridized carbons (Fsp3) is 0.796. The van der Waals surface area contributed by atoms with Crippen LogP contribution in [0, 0.1) is 0 Å². The van der Waals surface area contributed by atoms with E-state index in [1.165, 1.54) is 109 Å². The summed E-state index contributed by atoms with van der Waals surface area (Å²) in [6.45, 7) is 6.31. The molecule has 0 aliphatic rings. The maximum absolute atomic E-state index is 13.1. The Morgan fingerprint density at radius 2 is 0.982 bits per heavy atom. The molecule has 0 aromatic carbocycles. The molecule has 0 aromatic rings. The summed E-state index contributed by atoms with van der Waals surface area (Å²) in [4.78, 5) is 26.0. The van der Waals surface area contributed by atoms with E-state index in [0.717, 1.165) is 70.6 Å². The summed E-state index contributed by atoms with van der Waals surface area (Å²) in [7, 11) is 0. The van der Waals surface area contributed by atoms with E-state index in [0.29, 0.717) is 19.3 Å². The Labute approximate surface area is 340 Å². The molecule has 0 rings (SSSR count). The van der Waals surface area contributed by atoms with Crippen molar-refractivity contribution in [2.75, 3.05) is 6.61 Å². The number of amides is 1. The van der Waals surface area contributed by atoms with Crippen LogP contribution in [0.5, 0.6) is 0 Å². The minimum Gasteiger partial charge on any atom is -0.462 e. The number of ether oxygens (including phenoxy) is 1. The summed E-state index contributed by atoms with van der Waals surface area (Å²) in [6, 6.07) is -0.711. The van der Waals surface area contributed by atoms with Crippen molar-refractivity contribution in [3.05, 3.63) is 48.6 Å². The molecule has 0 heterocycles. The van der Waals surface area contributed by atoms with Gasteiger partial charge in [-0.3, -0.25) is 9.59 Å². The maximum Gasteiger partial charge on any atom is 0.306 e. The fourth-order valence-electron chi connectivity index (χ4n) is 6.97. The molecule has 320 valence electrons. The number of rotatable bonds is 41. The number of esters is 1. The van der Waals surface area contributed by atoms with Crippen molar-refractivity contribution in [3.8, 4) is 0 Å². The average molecular weight is 772 g/mol. The topological polar surface area (TPSA) is 95.9 Å². The first-order valence-corrected chi connectivity index (χ1v) is 23.4. The number of unbranched alkanes of at least 4 members (excludes halogenated alkanes) is 24. The lowest BCUT2D eigenvalue weighted by atomic mass is 10.0. The maximum atomic E-state index is 13.1. The Kier molecular flexibility index (Phi) is 41.2. The molecular formula is C49H89NO5. The van der Waals surface area contributed by atoms with E-state index in [2.05, 4.69) is 50.4 Å². The number of aliphatic hydroxyl groups excluding tert-OH is 2. The van der Waals surface area contributed by atoms with E-state index in [1.54, 1.807) is 0 Å². The van der Waals surface area contributed by atoms with E-state index >= 15 is 0 Å². The van der Waals surface area contributed by atoms with Crippen LogP contribution in [0.15, 0.2) is 48.6 Å². The quantitative estimate of drug-likeness (QED) is 0.0327. The van der Waals surface area contributed by atoms with Gasteiger partial charge in [0, 0.05) is 6.42 Å². The predicted molar refractivity (Wildman–Crippen MR) is 236 cm³/mol. The van der Waals surface area contributed by atoms with Crippen molar-refractivity contribution < 1.29 is 24.5 Å². The lowest BCUT2D eigenvalue weighted by Crippen LogP contribution is -2.46. The van der Waals surface area contributed by atoms with E-state index in [-0.39, 0.29) is 24.9 Å². The first-order chi connectivity index (χ1) is 27.0. The van der Waals surface area contributed by atoms with Gasteiger partial charge in [-0.1, -0.05) is 217 Å². The van der Waals surface area contributed by atoms with E-state index in [4.69, 9.17) is 4.74 Å². The predicted octanol–water partition coefficient (Wildman–Crippen LogP) is 13.5. The van der Waals surface area contributed by atoms with E-state index < -0.39 is 18.2 Å². The second-order valence-electron chi connectivity index (χ2n) is 15.9. The van der Waals surface area contributed by atoms with Crippen molar-refractivity contribution in [2.24, 2.45) is 0 Å². The molecule has 6 heteroatoms. The molecular weight excluding hydrogens is 683 g/mol. The van der Waals surface area contributed by atoms with Crippen molar-refractivity contribution in [1.82, 2.24) is 5.32 Å². The molecule has 0 bridgehead atoms. The van der Waals surface area contributed by atoms with Crippen LogP contribution in [0.1, 0.15) is 226 Å². The number of aliphatic hydroxyl groups is 2. The number of allylic oxidation sites excluding steroid dienone is 8. The lowest BCUT2D eigenvalue weighted by Gasteiger charge is -2.24. The van der Waals surface area contributed by atoms with E-state index in [9.17, 15) is 19.8 Å². The van der Waals surface area contributed by atoms with Gasteiger partial charge in [0.05, 0.1) is 25.2 Å². The van der Waals surface area contributed by atoms with Crippen LogP contribution < -0.4 is 5.32 Å². The highest BCUT2D eigenvalue weighted by molar-refractivity contribution is 5.77. The first kappa shape index (κ1) is 52.8. The van der Waals surface area contributed by atoms with Gasteiger partial charge < -0.3 is 20.3 Å². The largest absolute Gasteiger partial charge is 0.462 e. The Morgan fingerprint density at radius 3 is 1.49 bits per heavy atom. The molecule has 0 spiro atoms. The van der Waals surface area contributed by atoms with Crippen LogP contribution in [0.4, 0.5) is 0 Å². The smallest absolute Gasteiger partial charge is 0.306 e. The summed E-state index contributed by atoms with van der Waals surface area (Å²) in [6.07, 6.45) is 50.3. The van der Waals surface area contributed by atoms with Crippen LogP contribution in [0.3, 0.4) is 0 Å². The minimum atomic E-state index is -0.795. The highest BCUT2D eigenvalue weighted by Gasteiger charge is 2.24. The van der Waals surface area contributed by atoms with Gasteiger partial charge in [-0.05, 0) is 44.9 Å². The summed E-state index contributed by atoms with van der Waals surface area (Å²) in [5.74, 6) is -0.511. The molecule has 3 unspecified atom stereocenters. The van der Waals surface area contributed by atoms with Crippen molar-refractivity contribution >= 4 is 11.9 Å². The zero-order valence-corrected chi connectivity index (χ0v) is 36.3. The lowest BCUT2D eigenvalue weighted by molar-refractivity contribution is -0.151. The second-order valence-corrected chi connectivity index (χ2v) is 15.9. The van der Waals surface area contributed by atoms with Crippen LogP contribution in [-0.2, 0) is 14.3 Å². The standard InChI is InChI=1S/C49H89NO5/c1-4-7-10-13-16-19-21-23-25-27-30-33-36-39-42-49(54)55-45(40-37-34-31-29-26-24-22-20-17-14-11-8-5-2)43-48(53)50-46(44-51)47(52)41-38-35-32-28-18-15-12-9-6-3/h8,11,14,17,20,22,24,26,45-47,51-52H,4-7,9-10,12-13,15-16,18-19,21,23,25,27-44H2,1-3H3,(H,50,53)/b11-8+,17-14+,22-20+,26-24-. The van der Waals surface area contributed by atoms with Crippen molar-refractivity contribution in [3.63, 3.8) is 0 Å². The van der Waals surface area contributed by atoms with Gasteiger partial charge in [0.25, 0.3) is 0 Å².